The summed E-state index contributed by atoms with van der Waals surface area (Å²) in [7, 11) is 0. The minimum Gasteiger partial charge on any atom is -0.482 e. The Morgan fingerprint density at radius 2 is 2.05 bits per heavy atom. The summed E-state index contributed by atoms with van der Waals surface area (Å²) in [6.07, 6.45) is 0.517. The molecule has 1 atom stereocenters. The lowest BCUT2D eigenvalue weighted by atomic mass is 9.85. The number of rotatable bonds is 6. The molecule has 1 aromatic rings. The first kappa shape index (κ1) is 16.3. The number of nitrogen functional groups attached to an aromatic ring is 1. The van der Waals surface area contributed by atoms with E-state index in [1.165, 1.54) is 0 Å². The Bertz CT molecular complexity index is 441. The van der Waals surface area contributed by atoms with Crippen LogP contribution in [0.5, 0.6) is 5.75 Å². The lowest BCUT2D eigenvalue weighted by Gasteiger charge is -2.31. The van der Waals surface area contributed by atoms with Crippen molar-refractivity contribution in [2.75, 3.05) is 18.9 Å². The molecular weight excluding hydrogens is 256 g/mol. The SMILES string of the molecule is CC(C)(C)C(CCO)NC(=O)COc1ccccc1N. The summed E-state index contributed by atoms with van der Waals surface area (Å²) in [4.78, 5) is 11.9. The van der Waals surface area contributed by atoms with Crippen molar-refractivity contribution in [1.82, 2.24) is 5.32 Å². The van der Waals surface area contributed by atoms with Gasteiger partial charge in [0.05, 0.1) is 5.69 Å². The average Bonchev–Trinajstić information content (AvgIpc) is 2.36. The van der Waals surface area contributed by atoms with Crippen LogP contribution in [0.25, 0.3) is 0 Å². The second-order valence-corrected chi connectivity index (χ2v) is 5.82. The van der Waals surface area contributed by atoms with Crippen LogP contribution in [-0.4, -0.2) is 30.3 Å². The number of para-hydroxylation sites is 2. The van der Waals surface area contributed by atoms with Crippen LogP contribution in [0.1, 0.15) is 27.2 Å². The van der Waals surface area contributed by atoms with E-state index < -0.39 is 0 Å². The molecule has 4 N–H and O–H groups in total. The molecule has 0 aromatic heterocycles. The maximum Gasteiger partial charge on any atom is 0.258 e. The third-order valence-corrected chi connectivity index (χ3v) is 3.08. The molecule has 1 unspecified atom stereocenters. The summed E-state index contributed by atoms with van der Waals surface area (Å²) in [5.74, 6) is 0.277. The van der Waals surface area contributed by atoms with Crippen molar-refractivity contribution in [1.29, 1.82) is 0 Å². The molecule has 0 radical (unpaired) electrons. The van der Waals surface area contributed by atoms with Crippen molar-refractivity contribution in [3.63, 3.8) is 0 Å². The topological polar surface area (TPSA) is 84.6 Å². The highest BCUT2D eigenvalue weighted by atomic mass is 16.5. The van der Waals surface area contributed by atoms with Crippen LogP contribution in [0.4, 0.5) is 5.69 Å². The third kappa shape index (κ3) is 5.09. The van der Waals surface area contributed by atoms with Crippen LogP contribution in [0.2, 0.25) is 0 Å². The van der Waals surface area contributed by atoms with E-state index in [0.29, 0.717) is 17.9 Å². The normalized spacial score (nSPS) is 12.8. The predicted octanol–water partition coefficient (Wildman–Crippen LogP) is 1.56. The van der Waals surface area contributed by atoms with Crippen molar-refractivity contribution >= 4 is 11.6 Å². The monoisotopic (exact) mass is 280 g/mol. The Morgan fingerprint density at radius 1 is 1.40 bits per heavy atom. The molecule has 0 fully saturated rings. The van der Waals surface area contributed by atoms with Gasteiger partial charge in [0.15, 0.2) is 6.61 Å². The van der Waals surface area contributed by atoms with E-state index in [9.17, 15) is 4.79 Å². The molecule has 5 heteroatoms. The number of hydrogen-bond acceptors (Lipinski definition) is 4. The van der Waals surface area contributed by atoms with E-state index in [2.05, 4.69) is 5.32 Å². The van der Waals surface area contributed by atoms with Gasteiger partial charge in [0, 0.05) is 12.6 Å². The van der Waals surface area contributed by atoms with Crippen molar-refractivity contribution in [2.24, 2.45) is 5.41 Å². The lowest BCUT2D eigenvalue weighted by molar-refractivity contribution is -0.124. The van der Waals surface area contributed by atoms with Crippen LogP contribution < -0.4 is 15.8 Å². The molecule has 1 rings (SSSR count). The Balaban J connectivity index is 2.52. The van der Waals surface area contributed by atoms with E-state index in [4.69, 9.17) is 15.6 Å². The van der Waals surface area contributed by atoms with Gasteiger partial charge in [0.25, 0.3) is 5.91 Å². The molecule has 112 valence electrons. The Hall–Kier alpha value is -1.75. The van der Waals surface area contributed by atoms with Gasteiger partial charge >= 0.3 is 0 Å². The fourth-order valence-corrected chi connectivity index (χ4v) is 1.84. The fourth-order valence-electron chi connectivity index (χ4n) is 1.84. The van der Waals surface area contributed by atoms with Crippen LogP contribution in [-0.2, 0) is 4.79 Å². The molecule has 0 aliphatic carbocycles. The molecule has 1 amide bonds. The molecular formula is C15H24N2O3. The number of nitrogens with one attached hydrogen (secondary N) is 1. The van der Waals surface area contributed by atoms with Gasteiger partial charge in [-0.15, -0.1) is 0 Å². The van der Waals surface area contributed by atoms with E-state index in [-0.39, 0.29) is 30.6 Å². The van der Waals surface area contributed by atoms with Gasteiger partial charge in [-0.05, 0) is 24.0 Å². The molecule has 0 saturated carbocycles. The van der Waals surface area contributed by atoms with E-state index in [1.807, 2.05) is 20.8 Å². The zero-order chi connectivity index (χ0) is 15.2. The fraction of sp³-hybridized carbons (Fsp3) is 0.533. The van der Waals surface area contributed by atoms with Crippen LogP contribution in [0, 0.1) is 5.41 Å². The number of carbonyl (C=O) groups is 1. The number of benzene rings is 1. The van der Waals surface area contributed by atoms with Crippen molar-refractivity contribution in [2.45, 2.75) is 33.2 Å². The van der Waals surface area contributed by atoms with Crippen LogP contribution >= 0.6 is 0 Å². The molecule has 0 bridgehead atoms. The summed E-state index contributed by atoms with van der Waals surface area (Å²) in [6, 6.07) is 6.94. The van der Waals surface area contributed by atoms with E-state index >= 15 is 0 Å². The molecule has 0 saturated heterocycles. The third-order valence-electron chi connectivity index (χ3n) is 3.08. The number of carbonyl (C=O) groups excluding carboxylic acids is 1. The van der Waals surface area contributed by atoms with Gasteiger partial charge in [-0.25, -0.2) is 0 Å². The maximum atomic E-state index is 11.9. The first-order chi connectivity index (χ1) is 9.34. The smallest absolute Gasteiger partial charge is 0.258 e. The second kappa shape index (κ2) is 7.14. The Kier molecular flexibility index (Phi) is 5.82. The number of amides is 1. The number of aliphatic hydroxyl groups excluding tert-OH is 1. The lowest BCUT2D eigenvalue weighted by Crippen LogP contribution is -2.46. The summed E-state index contributed by atoms with van der Waals surface area (Å²) in [5.41, 5.74) is 6.12. The zero-order valence-electron chi connectivity index (χ0n) is 12.3. The quantitative estimate of drug-likeness (QED) is 0.690. The van der Waals surface area contributed by atoms with Crippen molar-refractivity contribution in [3.05, 3.63) is 24.3 Å². The standard InChI is InChI=1S/C15H24N2O3/c1-15(2,3)13(8-9-18)17-14(19)10-20-12-7-5-4-6-11(12)16/h4-7,13,18H,8-10,16H2,1-3H3,(H,17,19). The number of ether oxygens (including phenoxy) is 1. The average molecular weight is 280 g/mol. The summed E-state index contributed by atoms with van der Waals surface area (Å²) in [5, 5.41) is 11.9. The number of anilines is 1. The molecule has 0 aliphatic heterocycles. The number of hydrogen-bond donors (Lipinski definition) is 3. The molecule has 5 nitrogen and oxygen atoms in total. The van der Waals surface area contributed by atoms with Crippen molar-refractivity contribution < 1.29 is 14.6 Å². The van der Waals surface area contributed by atoms with Gasteiger partial charge in [0.1, 0.15) is 5.75 Å². The van der Waals surface area contributed by atoms with Gasteiger partial charge in [-0.1, -0.05) is 32.9 Å². The van der Waals surface area contributed by atoms with E-state index in [0.717, 1.165) is 0 Å². The molecule has 0 heterocycles. The molecule has 1 aromatic carbocycles. The maximum absolute atomic E-state index is 11.9. The van der Waals surface area contributed by atoms with Gasteiger partial charge in [-0.2, -0.15) is 0 Å². The second-order valence-electron chi connectivity index (χ2n) is 5.82. The molecule has 0 aliphatic rings. The Morgan fingerprint density at radius 3 is 2.60 bits per heavy atom. The van der Waals surface area contributed by atoms with Gasteiger partial charge in [0.2, 0.25) is 0 Å². The zero-order valence-corrected chi connectivity index (χ0v) is 12.3. The van der Waals surface area contributed by atoms with Crippen LogP contribution in [0.15, 0.2) is 24.3 Å². The molecule has 0 spiro atoms. The van der Waals surface area contributed by atoms with E-state index in [1.54, 1.807) is 24.3 Å². The van der Waals surface area contributed by atoms with Gasteiger partial charge < -0.3 is 20.9 Å². The minimum absolute atomic E-state index is 0.0364. The number of nitrogens with two attached hydrogens (primary N) is 1. The highest BCUT2D eigenvalue weighted by molar-refractivity contribution is 5.78. The largest absolute Gasteiger partial charge is 0.482 e. The van der Waals surface area contributed by atoms with Crippen LogP contribution in [0.3, 0.4) is 0 Å². The first-order valence-corrected chi connectivity index (χ1v) is 6.72. The van der Waals surface area contributed by atoms with Crippen molar-refractivity contribution in [3.8, 4) is 5.75 Å². The minimum atomic E-state index is -0.221. The summed E-state index contributed by atoms with van der Waals surface area (Å²) >= 11 is 0. The first-order valence-electron chi connectivity index (χ1n) is 6.72. The highest BCUT2D eigenvalue weighted by Gasteiger charge is 2.25. The van der Waals surface area contributed by atoms with Gasteiger partial charge in [-0.3, -0.25) is 4.79 Å². The number of aliphatic hydroxyl groups is 1. The molecule has 20 heavy (non-hydrogen) atoms. The summed E-state index contributed by atoms with van der Waals surface area (Å²) < 4.78 is 5.39. The summed E-state index contributed by atoms with van der Waals surface area (Å²) in [6.45, 7) is 6.00. The Labute approximate surface area is 120 Å². The predicted molar refractivity (Wildman–Crippen MR) is 79.4 cm³/mol. The highest BCUT2D eigenvalue weighted by Crippen LogP contribution is 2.22.